The number of carbonyl (C=O) groups is 1. The Morgan fingerprint density at radius 1 is 1.46 bits per heavy atom. The highest BCUT2D eigenvalue weighted by Gasteiger charge is 2.09. The Morgan fingerprint density at radius 2 is 2.08 bits per heavy atom. The van der Waals surface area contributed by atoms with E-state index < -0.39 is 6.04 Å². The zero-order valence-electron chi connectivity index (χ0n) is 7.66. The van der Waals surface area contributed by atoms with Gasteiger partial charge in [0.25, 0.3) is 0 Å². The summed E-state index contributed by atoms with van der Waals surface area (Å²) >= 11 is 0. The summed E-state index contributed by atoms with van der Waals surface area (Å²) in [6.45, 7) is 1.88. The second kappa shape index (κ2) is 4.62. The number of benzene rings is 1. The van der Waals surface area contributed by atoms with Gasteiger partial charge in [-0.15, -0.1) is 0 Å². The molecule has 0 aliphatic rings. The van der Waals surface area contributed by atoms with Crippen molar-refractivity contribution < 1.29 is 4.79 Å². The van der Waals surface area contributed by atoms with Crippen LogP contribution in [0.4, 0.5) is 5.69 Å². The van der Waals surface area contributed by atoms with Gasteiger partial charge in [-0.3, -0.25) is 4.79 Å². The molecule has 13 heavy (non-hydrogen) atoms. The smallest absolute Gasteiger partial charge is 0.241 e. The number of hydrogen-bond donors (Lipinski definition) is 2. The minimum Gasteiger partial charge on any atom is -0.325 e. The van der Waals surface area contributed by atoms with Gasteiger partial charge in [0, 0.05) is 5.69 Å². The number of nitrogens with one attached hydrogen (secondary N) is 1. The van der Waals surface area contributed by atoms with E-state index in [4.69, 9.17) is 5.73 Å². The molecule has 1 amide bonds. The van der Waals surface area contributed by atoms with Crippen LogP contribution in [-0.4, -0.2) is 11.9 Å². The van der Waals surface area contributed by atoms with Gasteiger partial charge < -0.3 is 11.1 Å². The molecule has 0 saturated heterocycles. The Balaban J connectivity index is 2.55. The number of rotatable bonds is 3. The first-order valence-corrected chi connectivity index (χ1v) is 4.35. The van der Waals surface area contributed by atoms with Gasteiger partial charge in [0.2, 0.25) is 5.91 Å². The summed E-state index contributed by atoms with van der Waals surface area (Å²) in [5.41, 5.74) is 6.34. The molecule has 3 heteroatoms. The van der Waals surface area contributed by atoms with Gasteiger partial charge in [0.05, 0.1) is 6.04 Å². The van der Waals surface area contributed by atoms with E-state index >= 15 is 0 Å². The fourth-order valence-corrected chi connectivity index (χ4v) is 0.942. The molecular weight excluding hydrogens is 164 g/mol. The molecule has 0 radical (unpaired) electrons. The van der Waals surface area contributed by atoms with Crippen LogP contribution in [0.5, 0.6) is 0 Å². The van der Waals surface area contributed by atoms with E-state index in [1.807, 2.05) is 37.3 Å². The number of hydrogen-bond acceptors (Lipinski definition) is 2. The van der Waals surface area contributed by atoms with Crippen molar-refractivity contribution in [1.29, 1.82) is 0 Å². The van der Waals surface area contributed by atoms with Crippen molar-refractivity contribution in [1.82, 2.24) is 0 Å². The summed E-state index contributed by atoms with van der Waals surface area (Å²) in [5.74, 6) is -0.131. The molecule has 3 N–H and O–H groups in total. The van der Waals surface area contributed by atoms with Crippen LogP contribution in [0, 0.1) is 0 Å². The zero-order valence-corrected chi connectivity index (χ0v) is 7.66. The molecule has 0 aliphatic carbocycles. The van der Waals surface area contributed by atoms with Crippen molar-refractivity contribution >= 4 is 11.6 Å². The third-order valence-corrected chi connectivity index (χ3v) is 1.82. The Hall–Kier alpha value is -1.35. The third kappa shape index (κ3) is 2.87. The van der Waals surface area contributed by atoms with Crippen LogP contribution in [0.15, 0.2) is 30.3 Å². The van der Waals surface area contributed by atoms with Crippen LogP contribution in [0.1, 0.15) is 13.3 Å². The van der Waals surface area contributed by atoms with Crippen molar-refractivity contribution in [2.75, 3.05) is 5.32 Å². The van der Waals surface area contributed by atoms with Crippen molar-refractivity contribution in [2.24, 2.45) is 5.73 Å². The van der Waals surface area contributed by atoms with E-state index in [0.29, 0.717) is 6.42 Å². The van der Waals surface area contributed by atoms with Gasteiger partial charge in [0.1, 0.15) is 0 Å². The minimum absolute atomic E-state index is 0.131. The van der Waals surface area contributed by atoms with E-state index in [1.54, 1.807) is 0 Å². The summed E-state index contributed by atoms with van der Waals surface area (Å²) in [5, 5.41) is 2.73. The Kier molecular flexibility index (Phi) is 3.46. The molecule has 0 spiro atoms. The fourth-order valence-electron chi connectivity index (χ4n) is 0.942. The molecule has 1 rings (SSSR count). The van der Waals surface area contributed by atoms with Gasteiger partial charge >= 0.3 is 0 Å². The minimum atomic E-state index is -0.416. The van der Waals surface area contributed by atoms with Crippen LogP contribution in [0.3, 0.4) is 0 Å². The summed E-state index contributed by atoms with van der Waals surface area (Å²) in [7, 11) is 0. The molecule has 70 valence electrons. The second-order valence-electron chi connectivity index (χ2n) is 2.87. The quantitative estimate of drug-likeness (QED) is 0.734. The van der Waals surface area contributed by atoms with Gasteiger partial charge in [-0.2, -0.15) is 0 Å². The highest BCUT2D eigenvalue weighted by Crippen LogP contribution is 2.05. The van der Waals surface area contributed by atoms with E-state index in [0.717, 1.165) is 5.69 Å². The van der Waals surface area contributed by atoms with E-state index in [9.17, 15) is 4.79 Å². The molecule has 0 aliphatic heterocycles. The lowest BCUT2D eigenvalue weighted by molar-refractivity contribution is -0.117. The number of nitrogens with two attached hydrogens (primary N) is 1. The SMILES string of the molecule is CC[C@@H](N)C(=O)Nc1ccccc1. The first-order chi connectivity index (χ1) is 6.24. The summed E-state index contributed by atoms with van der Waals surface area (Å²) in [4.78, 5) is 11.3. The van der Waals surface area contributed by atoms with E-state index in [-0.39, 0.29) is 5.91 Å². The molecule has 3 nitrogen and oxygen atoms in total. The number of carbonyl (C=O) groups excluding carboxylic acids is 1. The molecule has 0 unspecified atom stereocenters. The fraction of sp³-hybridized carbons (Fsp3) is 0.300. The third-order valence-electron chi connectivity index (χ3n) is 1.82. The maximum Gasteiger partial charge on any atom is 0.241 e. The zero-order chi connectivity index (χ0) is 9.68. The van der Waals surface area contributed by atoms with Crippen molar-refractivity contribution in [2.45, 2.75) is 19.4 Å². The number of amides is 1. The van der Waals surface area contributed by atoms with Crippen LogP contribution in [-0.2, 0) is 4.79 Å². The molecule has 1 aromatic rings. The number of anilines is 1. The largest absolute Gasteiger partial charge is 0.325 e. The molecule has 0 bridgehead atoms. The Morgan fingerprint density at radius 3 is 2.62 bits per heavy atom. The van der Waals surface area contributed by atoms with Gasteiger partial charge in [-0.25, -0.2) is 0 Å². The predicted octanol–water partition coefficient (Wildman–Crippen LogP) is 1.36. The molecule has 0 fully saturated rings. The second-order valence-corrected chi connectivity index (χ2v) is 2.87. The Labute approximate surface area is 77.9 Å². The average Bonchev–Trinajstić information content (AvgIpc) is 2.18. The topological polar surface area (TPSA) is 55.1 Å². The van der Waals surface area contributed by atoms with Crippen LogP contribution < -0.4 is 11.1 Å². The van der Waals surface area contributed by atoms with Gasteiger partial charge in [0.15, 0.2) is 0 Å². The maximum atomic E-state index is 11.3. The molecule has 0 aromatic heterocycles. The van der Waals surface area contributed by atoms with Crippen LogP contribution >= 0.6 is 0 Å². The average molecular weight is 178 g/mol. The first-order valence-electron chi connectivity index (χ1n) is 4.35. The van der Waals surface area contributed by atoms with Gasteiger partial charge in [-0.1, -0.05) is 25.1 Å². The van der Waals surface area contributed by atoms with Crippen molar-refractivity contribution in [3.63, 3.8) is 0 Å². The summed E-state index contributed by atoms with van der Waals surface area (Å²) in [6, 6.07) is 8.89. The lowest BCUT2D eigenvalue weighted by Crippen LogP contribution is -2.34. The normalized spacial score (nSPS) is 12.2. The van der Waals surface area contributed by atoms with Crippen LogP contribution in [0.2, 0.25) is 0 Å². The lowest BCUT2D eigenvalue weighted by atomic mass is 10.2. The number of para-hydroxylation sites is 1. The first kappa shape index (κ1) is 9.74. The molecule has 0 saturated carbocycles. The molecule has 0 heterocycles. The van der Waals surface area contributed by atoms with Gasteiger partial charge in [-0.05, 0) is 18.6 Å². The monoisotopic (exact) mass is 178 g/mol. The summed E-state index contributed by atoms with van der Waals surface area (Å²) in [6.07, 6.45) is 0.651. The molecule has 1 atom stereocenters. The highest BCUT2D eigenvalue weighted by molar-refractivity contribution is 5.94. The maximum absolute atomic E-state index is 11.3. The van der Waals surface area contributed by atoms with Crippen LogP contribution in [0.25, 0.3) is 0 Å². The standard InChI is InChI=1S/C10H14N2O/c1-2-9(11)10(13)12-8-6-4-3-5-7-8/h3-7,9H,2,11H2,1H3,(H,12,13)/t9-/m1/s1. The highest BCUT2D eigenvalue weighted by atomic mass is 16.2. The molecular formula is C10H14N2O. The summed E-state index contributed by atoms with van der Waals surface area (Å²) < 4.78 is 0. The van der Waals surface area contributed by atoms with E-state index in [2.05, 4.69) is 5.32 Å². The van der Waals surface area contributed by atoms with Crippen molar-refractivity contribution in [3.05, 3.63) is 30.3 Å². The Bertz CT molecular complexity index is 272. The lowest BCUT2D eigenvalue weighted by Gasteiger charge is -2.09. The predicted molar refractivity (Wildman–Crippen MR) is 53.3 cm³/mol. The van der Waals surface area contributed by atoms with E-state index in [1.165, 1.54) is 0 Å². The molecule has 1 aromatic carbocycles. The van der Waals surface area contributed by atoms with Crippen molar-refractivity contribution in [3.8, 4) is 0 Å².